The van der Waals surface area contributed by atoms with Crippen molar-refractivity contribution in [3.63, 3.8) is 0 Å². The van der Waals surface area contributed by atoms with Gasteiger partial charge in [0.2, 0.25) is 0 Å². The largest absolute Gasteiger partial charge is 0.455 e. The third kappa shape index (κ3) is 3.42. The van der Waals surface area contributed by atoms with Crippen LogP contribution in [0.3, 0.4) is 0 Å². The van der Waals surface area contributed by atoms with Crippen LogP contribution >= 0.6 is 0 Å². The lowest BCUT2D eigenvalue weighted by atomic mass is 9.84. The SMILES string of the molecule is C=C1C(=O)O[C@H]2[C@H]1CC/C(Cn1cc(-c3ccccc3)nn1)=C\CC[C@@]1(C)O[C@@H]21. The van der Waals surface area contributed by atoms with Crippen LogP contribution in [0.2, 0.25) is 0 Å². The van der Waals surface area contributed by atoms with Gasteiger partial charge in [0.05, 0.1) is 18.3 Å². The minimum absolute atomic E-state index is 0.00519. The molecule has 2 saturated heterocycles. The molecule has 150 valence electrons. The summed E-state index contributed by atoms with van der Waals surface area (Å²) in [7, 11) is 0. The number of fused-ring (bicyclic) bond motifs is 3. The highest BCUT2D eigenvalue weighted by atomic mass is 16.6. The highest BCUT2D eigenvalue weighted by molar-refractivity contribution is 5.91. The molecule has 0 unspecified atom stereocenters. The van der Waals surface area contributed by atoms with Crippen molar-refractivity contribution in [1.29, 1.82) is 0 Å². The van der Waals surface area contributed by atoms with Gasteiger partial charge in [-0.05, 0) is 32.6 Å². The summed E-state index contributed by atoms with van der Waals surface area (Å²) in [4.78, 5) is 12.1. The molecule has 5 rings (SSSR count). The van der Waals surface area contributed by atoms with Crippen LogP contribution in [0.4, 0.5) is 0 Å². The second-order valence-electron chi connectivity index (χ2n) is 8.46. The Kier molecular flexibility index (Phi) is 4.39. The molecule has 4 atom stereocenters. The van der Waals surface area contributed by atoms with Crippen molar-refractivity contribution in [1.82, 2.24) is 15.0 Å². The molecule has 3 aliphatic rings. The van der Waals surface area contributed by atoms with Crippen LogP contribution in [0.25, 0.3) is 11.3 Å². The van der Waals surface area contributed by atoms with Crippen LogP contribution in [-0.4, -0.2) is 38.8 Å². The minimum atomic E-state index is -0.272. The third-order valence-electron chi connectivity index (χ3n) is 6.41. The van der Waals surface area contributed by atoms with Crippen LogP contribution in [0.15, 0.2) is 60.3 Å². The number of ether oxygens (including phenoxy) is 2. The molecule has 2 aromatic rings. The fourth-order valence-corrected chi connectivity index (χ4v) is 4.59. The van der Waals surface area contributed by atoms with E-state index in [1.807, 2.05) is 41.2 Å². The molecule has 0 saturated carbocycles. The van der Waals surface area contributed by atoms with Crippen molar-refractivity contribution in [2.75, 3.05) is 0 Å². The van der Waals surface area contributed by atoms with Crippen LogP contribution in [0.5, 0.6) is 0 Å². The van der Waals surface area contributed by atoms with Crippen LogP contribution in [0.1, 0.15) is 32.6 Å². The summed E-state index contributed by atoms with van der Waals surface area (Å²) in [5.41, 5.74) is 3.60. The van der Waals surface area contributed by atoms with Gasteiger partial charge in [-0.25, -0.2) is 9.48 Å². The molecule has 2 aliphatic heterocycles. The summed E-state index contributed by atoms with van der Waals surface area (Å²) in [6.45, 7) is 6.80. The zero-order valence-electron chi connectivity index (χ0n) is 16.6. The first-order chi connectivity index (χ1) is 14.0. The molecule has 0 radical (unpaired) electrons. The maximum absolute atomic E-state index is 12.1. The number of hydrogen-bond acceptors (Lipinski definition) is 5. The fourth-order valence-electron chi connectivity index (χ4n) is 4.59. The minimum Gasteiger partial charge on any atom is -0.455 e. The summed E-state index contributed by atoms with van der Waals surface area (Å²) in [6.07, 6.45) is 7.65. The Morgan fingerprint density at radius 2 is 2.14 bits per heavy atom. The Bertz CT molecular complexity index is 980. The molecular formula is C23H25N3O3. The smallest absolute Gasteiger partial charge is 0.334 e. The molecule has 3 heterocycles. The number of nitrogens with zero attached hydrogens (tertiary/aromatic N) is 3. The molecular weight excluding hydrogens is 366 g/mol. The monoisotopic (exact) mass is 391 g/mol. The first-order valence-corrected chi connectivity index (χ1v) is 10.2. The van der Waals surface area contributed by atoms with Crippen molar-refractivity contribution < 1.29 is 14.3 Å². The molecule has 6 heteroatoms. The van der Waals surface area contributed by atoms with Gasteiger partial charge in [0.25, 0.3) is 0 Å². The first kappa shape index (κ1) is 18.3. The molecule has 1 aromatic heterocycles. The standard InChI is InChI=1S/C23H25N3O3/c1-15-18-11-10-16(7-6-12-23(2)21(29-23)20(18)28-22(15)27)13-26-14-19(24-25-26)17-8-4-3-5-9-17/h3-5,7-9,14,18,20-21H,1,6,10-13H2,2H3/b16-7+/t18-,20-,21-,23+/m0/s1. The summed E-state index contributed by atoms with van der Waals surface area (Å²) in [5, 5.41) is 8.64. The van der Waals surface area contributed by atoms with Gasteiger partial charge in [-0.2, -0.15) is 0 Å². The van der Waals surface area contributed by atoms with E-state index in [2.05, 4.69) is 29.9 Å². The predicted molar refractivity (Wildman–Crippen MR) is 108 cm³/mol. The first-order valence-electron chi connectivity index (χ1n) is 10.2. The van der Waals surface area contributed by atoms with E-state index in [1.165, 1.54) is 5.57 Å². The van der Waals surface area contributed by atoms with E-state index < -0.39 is 0 Å². The van der Waals surface area contributed by atoms with E-state index in [4.69, 9.17) is 9.47 Å². The molecule has 1 aliphatic carbocycles. The molecule has 29 heavy (non-hydrogen) atoms. The Labute approximate surface area is 170 Å². The van der Waals surface area contributed by atoms with Crippen LogP contribution in [0, 0.1) is 5.92 Å². The number of hydrogen-bond donors (Lipinski definition) is 0. The second-order valence-corrected chi connectivity index (χ2v) is 8.46. The Balaban J connectivity index is 1.34. The summed E-state index contributed by atoms with van der Waals surface area (Å²) >= 11 is 0. The van der Waals surface area contributed by atoms with Gasteiger partial charge in [-0.1, -0.05) is 53.8 Å². The van der Waals surface area contributed by atoms with Crippen molar-refractivity contribution >= 4 is 5.97 Å². The van der Waals surface area contributed by atoms with Crippen molar-refractivity contribution in [3.8, 4) is 11.3 Å². The highest BCUT2D eigenvalue weighted by Crippen LogP contribution is 2.49. The molecule has 6 nitrogen and oxygen atoms in total. The topological polar surface area (TPSA) is 69.5 Å². The average Bonchev–Trinajstić information content (AvgIpc) is 3.04. The average molecular weight is 391 g/mol. The number of rotatable bonds is 3. The number of allylic oxidation sites excluding steroid dienone is 2. The van der Waals surface area contributed by atoms with Crippen molar-refractivity contribution in [3.05, 3.63) is 60.3 Å². The number of carbonyl (C=O) groups is 1. The molecule has 1 aromatic carbocycles. The van der Waals surface area contributed by atoms with Gasteiger partial charge >= 0.3 is 5.97 Å². The Morgan fingerprint density at radius 3 is 2.97 bits per heavy atom. The van der Waals surface area contributed by atoms with E-state index in [1.54, 1.807) is 0 Å². The summed E-state index contributed by atoms with van der Waals surface area (Å²) < 4.78 is 13.5. The van der Waals surface area contributed by atoms with E-state index in [0.717, 1.165) is 36.9 Å². The fraction of sp³-hybridized carbons (Fsp3) is 0.435. The molecule has 2 fully saturated rings. The number of benzene rings is 1. The molecule has 0 amide bonds. The zero-order valence-corrected chi connectivity index (χ0v) is 16.6. The van der Waals surface area contributed by atoms with E-state index in [9.17, 15) is 4.79 Å². The quantitative estimate of drug-likeness (QED) is 0.345. The summed E-state index contributed by atoms with van der Waals surface area (Å²) in [5.74, 6) is -0.252. The molecule has 0 bridgehead atoms. The van der Waals surface area contributed by atoms with E-state index >= 15 is 0 Å². The second kappa shape index (κ2) is 6.95. The number of carbonyl (C=O) groups excluding carboxylic acids is 1. The summed E-state index contributed by atoms with van der Waals surface area (Å²) in [6, 6.07) is 10.1. The zero-order chi connectivity index (χ0) is 20.0. The number of esters is 1. The third-order valence-corrected chi connectivity index (χ3v) is 6.41. The van der Waals surface area contributed by atoms with Crippen LogP contribution in [-0.2, 0) is 20.8 Å². The van der Waals surface area contributed by atoms with Crippen molar-refractivity contribution in [2.24, 2.45) is 5.92 Å². The van der Waals surface area contributed by atoms with Crippen LogP contribution < -0.4 is 0 Å². The van der Waals surface area contributed by atoms with E-state index in [-0.39, 0.29) is 29.7 Å². The maximum Gasteiger partial charge on any atom is 0.334 e. The lowest BCUT2D eigenvalue weighted by Crippen LogP contribution is -2.29. The molecule has 0 spiro atoms. The lowest BCUT2D eigenvalue weighted by Gasteiger charge is -2.20. The van der Waals surface area contributed by atoms with Gasteiger partial charge in [0.15, 0.2) is 0 Å². The van der Waals surface area contributed by atoms with Gasteiger partial charge in [0.1, 0.15) is 17.9 Å². The lowest BCUT2D eigenvalue weighted by molar-refractivity contribution is -0.140. The highest BCUT2D eigenvalue weighted by Gasteiger charge is 2.61. The number of aromatic nitrogens is 3. The predicted octanol–water partition coefficient (Wildman–Crippen LogP) is 3.70. The molecule has 0 N–H and O–H groups in total. The van der Waals surface area contributed by atoms with Gasteiger partial charge in [-0.15, -0.1) is 5.10 Å². The number of epoxide rings is 1. The maximum atomic E-state index is 12.1. The van der Waals surface area contributed by atoms with Gasteiger partial charge in [-0.3, -0.25) is 0 Å². The normalized spacial score (nSPS) is 33.3. The van der Waals surface area contributed by atoms with Crippen molar-refractivity contribution in [2.45, 2.75) is 57.0 Å². The van der Waals surface area contributed by atoms with Gasteiger partial charge < -0.3 is 9.47 Å². The Morgan fingerprint density at radius 1 is 1.31 bits per heavy atom. The Hall–Kier alpha value is -2.73. The van der Waals surface area contributed by atoms with E-state index in [0.29, 0.717) is 12.1 Å². The van der Waals surface area contributed by atoms with Gasteiger partial charge in [0, 0.05) is 17.1 Å².